The summed E-state index contributed by atoms with van der Waals surface area (Å²) >= 11 is 7.81. The molecule has 0 N–H and O–H groups in total. The van der Waals surface area contributed by atoms with E-state index in [2.05, 4.69) is 4.98 Å². The van der Waals surface area contributed by atoms with E-state index < -0.39 is 12.2 Å². The van der Waals surface area contributed by atoms with Gasteiger partial charge in [-0.1, -0.05) is 47.2 Å². The van der Waals surface area contributed by atoms with Crippen molar-refractivity contribution in [3.8, 4) is 11.5 Å². The van der Waals surface area contributed by atoms with E-state index in [0.717, 1.165) is 21.5 Å². The van der Waals surface area contributed by atoms with Crippen LogP contribution in [0.15, 0.2) is 60.8 Å². The Morgan fingerprint density at radius 3 is 2.56 bits per heavy atom. The first kappa shape index (κ1) is 20.7. The van der Waals surface area contributed by atoms with E-state index in [4.69, 9.17) is 26.1 Å². The number of amides is 1. The summed E-state index contributed by atoms with van der Waals surface area (Å²) in [4.78, 5) is 24.6. The second-order valence-corrected chi connectivity index (χ2v) is 8.98. The van der Waals surface area contributed by atoms with Gasteiger partial charge in [0.2, 0.25) is 6.10 Å². The Balaban J connectivity index is 1.55. The number of thiazole rings is 1. The Kier molecular flexibility index (Phi) is 5.45. The highest BCUT2D eigenvalue weighted by Gasteiger charge is 2.38. The highest BCUT2D eigenvalue weighted by molar-refractivity contribution is 7.23. The first-order valence-electron chi connectivity index (χ1n) is 10.2. The summed E-state index contributed by atoms with van der Waals surface area (Å²) in [6, 6.07) is 16.7. The molecule has 1 aliphatic rings. The number of carbonyl (C=O) groups excluding carboxylic acids is 1. The quantitative estimate of drug-likeness (QED) is 0.403. The number of aromatic nitrogens is 2. The van der Waals surface area contributed by atoms with E-state index >= 15 is 0 Å². The van der Waals surface area contributed by atoms with Crippen LogP contribution in [0.1, 0.15) is 18.2 Å². The topological polar surface area (TPSA) is 64.6 Å². The molecule has 5 rings (SSSR count). The molecule has 8 heteroatoms. The first-order chi connectivity index (χ1) is 15.5. The molecule has 1 aliphatic heterocycles. The van der Waals surface area contributed by atoms with Gasteiger partial charge >= 0.3 is 0 Å². The number of carbonyl (C=O) groups is 1. The molecule has 0 fully saturated rings. The molecule has 162 valence electrons. The molecule has 2 aromatic carbocycles. The molecular weight excluding hydrogens is 446 g/mol. The van der Waals surface area contributed by atoms with Crippen LogP contribution in [0.4, 0.5) is 5.13 Å². The molecule has 32 heavy (non-hydrogen) atoms. The van der Waals surface area contributed by atoms with Gasteiger partial charge in [0.1, 0.15) is 6.10 Å². The van der Waals surface area contributed by atoms with E-state index in [1.165, 1.54) is 11.3 Å². The molecule has 0 saturated carbocycles. The maximum Gasteiger partial charge on any atom is 0.274 e. The lowest BCUT2D eigenvalue weighted by molar-refractivity contribution is -0.130. The fourth-order valence-corrected chi connectivity index (χ4v) is 4.97. The molecule has 0 bridgehead atoms. The minimum atomic E-state index is -0.822. The molecule has 2 aromatic heterocycles. The fourth-order valence-electron chi connectivity index (χ4n) is 3.64. The second kappa shape index (κ2) is 8.41. The van der Waals surface area contributed by atoms with Crippen molar-refractivity contribution in [2.24, 2.45) is 0 Å². The predicted octanol–water partition coefficient (Wildman–Crippen LogP) is 5.41. The average Bonchev–Trinajstić information content (AvgIpc) is 3.26. The summed E-state index contributed by atoms with van der Waals surface area (Å²) in [5.74, 6) is 0.929. The van der Waals surface area contributed by atoms with Gasteiger partial charge in [-0.25, -0.2) is 4.98 Å². The Morgan fingerprint density at radius 2 is 1.84 bits per heavy atom. The van der Waals surface area contributed by atoms with Crippen LogP contribution in [0.25, 0.3) is 10.2 Å². The second-order valence-electron chi connectivity index (χ2n) is 7.59. The third kappa shape index (κ3) is 3.78. The van der Waals surface area contributed by atoms with Gasteiger partial charge in [0, 0.05) is 6.20 Å². The lowest BCUT2D eigenvalue weighted by Gasteiger charge is -2.33. The zero-order chi connectivity index (χ0) is 22.2. The molecular formula is C24H20ClN3O3S. The van der Waals surface area contributed by atoms with Crippen LogP contribution in [0, 0.1) is 6.92 Å². The Labute approximate surface area is 194 Å². The Hall–Kier alpha value is -3.16. The standard InChI is InChI=1S/C24H20ClN3O3S/c1-14-10-11-17(25)22-20(14)27-24(32-22)28(13-16-7-5-6-12-26-16)23(29)21-15(2)30-18-8-3-4-9-19(18)31-21/h3-12,15,21H,13H2,1-2H3. The van der Waals surface area contributed by atoms with E-state index in [9.17, 15) is 4.79 Å². The highest BCUT2D eigenvalue weighted by Crippen LogP contribution is 2.38. The van der Waals surface area contributed by atoms with Crippen molar-refractivity contribution in [2.75, 3.05) is 4.90 Å². The van der Waals surface area contributed by atoms with Crippen LogP contribution in [-0.4, -0.2) is 28.1 Å². The number of hydrogen-bond donors (Lipinski definition) is 0. The van der Waals surface area contributed by atoms with Crippen molar-refractivity contribution in [1.82, 2.24) is 9.97 Å². The maximum atomic E-state index is 13.8. The number of benzene rings is 2. The van der Waals surface area contributed by atoms with E-state index in [-0.39, 0.29) is 12.5 Å². The number of ether oxygens (including phenoxy) is 2. The molecule has 0 spiro atoms. The lowest BCUT2D eigenvalue weighted by atomic mass is 10.1. The van der Waals surface area contributed by atoms with Crippen molar-refractivity contribution in [3.63, 3.8) is 0 Å². The molecule has 3 heterocycles. The minimum Gasteiger partial charge on any atom is -0.482 e. The number of fused-ring (bicyclic) bond motifs is 2. The van der Waals surface area contributed by atoms with Crippen LogP contribution in [0.5, 0.6) is 11.5 Å². The highest BCUT2D eigenvalue weighted by atomic mass is 35.5. The van der Waals surface area contributed by atoms with Gasteiger partial charge in [-0.05, 0) is 49.7 Å². The number of halogens is 1. The first-order valence-corrected chi connectivity index (χ1v) is 11.4. The Bertz CT molecular complexity index is 1260. The van der Waals surface area contributed by atoms with Crippen molar-refractivity contribution >= 4 is 44.2 Å². The third-order valence-electron chi connectivity index (χ3n) is 5.31. The molecule has 0 saturated heterocycles. The van der Waals surface area contributed by atoms with Gasteiger partial charge < -0.3 is 9.47 Å². The van der Waals surface area contributed by atoms with Crippen LogP contribution >= 0.6 is 22.9 Å². The van der Waals surface area contributed by atoms with Crippen LogP contribution in [-0.2, 0) is 11.3 Å². The molecule has 2 atom stereocenters. The maximum absolute atomic E-state index is 13.8. The van der Waals surface area contributed by atoms with Gasteiger partial charge in [0.25, 0.3) is 5.91 Å². The number of anilines is 1. The number of rotatable bonds is 4. The number of para-hydroxylation sites is 2. The zero-order valence-electron chi connectivity index (χ0n) is 17.5. The smallest absolute Gasteiger partial charge is 0.274 e. The number of nitrogens with zero attached hydrogens (tertiary/aromatic N) is 3. The summed E-state index contributed by atoms with van der Waals surface area (Å²) in [7, 11) is 0. The third-order valence-corrected chi connectivity index (χ3v) is 6.85. The zero-order valence-corrected chi connectivity index (χ0v) is 19.1. The van der Waals surface area contributed by atoms with Crippen molar-refractivity contribution in [2.45, 2.75) is 32.6 Å². The van der Waals surface area contributed by atoms with Crippen molar-refractivity contribution in [3.05, 3.63) is 77.1 Å². The molecule has 0 radical (unpaired) electrons. The number of hydrogen-bond acceptors (Lipinski definition) is 6. The summed E-state index contributed by atoms with van der Waals surface area (Å²) in [5, 5.41) is 1.15. The SMILES string of the molecule is Cc1ccc(Cl)c2sc(N(Cc3ccccn3)C(=O)C3Oc4ccccc4OC3C)nc12. The summed E-state index contributed by atoms with van der Waals surface area (Å²) in [6.45, 7) is 4.06. The predicted molar refractivity (Wildman–Crippen MR) is 126 cm³/mol. The lowest BCUT2D eigenvalue weighted by Crippen LogP contribution is -2.50. The van der Waals surface area contributed by atoms with Crippen molar-refractivity contribution in [1.29, 1.82) is 0 Å². The normalized spacial score (nSPS) is 17.3. The van der Waals surface area contributed by atoms with E-state index in [0.29, 0.717) is 21.7 Å². The minimum absolute atomic E-state index is 0.245. The molecule has 2 unspecified atom stereocenters. The van der Waals surface area contributed by atoms with E-state index in [1.807, 2.05) is 62.4 Å². The average molecular weight is 466 g/mol. The number of aryl methyl sites for hydroxylation is 1. The monoisotopic (exact) mass is 465 g/mol. The van der Waals surface area contributed by atoms with Gasteiger partial charge in [-0.15, -0.1) is 0 Å². The molecule has 1 amide bonds. The van der Waals surface area contributed by atoms with Gasteiger partial charge in [-0.3, -0.25) is 14.7 Å². The largest absolute Gasteiger partial charge is 0.482 e. The Morgan fingerprint density at radius 1 is 1.09 bits per heavy atom. The van der Waals surface area contributed by atoms with Crippen molar-refractivity contribution < 1.29 is 14.3 Å². The summed E-state index contributed by atoms with van der Waals surface area (Å²) in [5.41, 5.74) is 2.53. The fraction of sp³-hybridized carbons (Fsp3) is 0.208. The van der Waals surface area contributed by atoms with Gasteiger partial charge in [-0.2, -0.15) is 0 Å². The van der Waals surface area contributed by atoms with E-state index in [1.54, 1.807) is 17.2 Å². The number of pyridine rings is 1. The summed E-state index contributed by atoms with van der Waals surface area (Å²) < 4.78 is 12.9. The van der Waals surface area contributed by atoms with Gasteiger partial charge in [0.05, 0.1) is 27.5 Å². The van der Waals surface area contributed by atoms with Crippen LogP contribution in [0.3, 0.4) is 0 Å². The van der Waals surface area contributed by atoms with Gasteiger partial charge in [0.15, 0.2) is 16.6 Å². The summed E-state index contributed by atoms with van der Waals surface area (Å²) in [6.07, 6.45) is 0.414. The molecule has 4 aromatic rings. The van der Waals surface area contributed by atoms with Crippen LogP contribution in [0.2, 0.25) is 5.02 Å². The van der Waals surface area contributed by atoms with Crippen LogP contribution < -0.4 is 14.4 Å². The molecule has 0 aliphatic carbocycles. The molecule has 6 nitrogen and oxygen atoms in total.